The minimum Gasteiger partial charge on any atom is -0.343 e. The van der Waals surface area contributed by atoms with E-state index >= 15 is 0 Å². The van der Waals surface area contributed by atoms with E-state index in [-0.39, 0.29) is 0 Å². The molecule has 0 N–H and O–H groups in total. The minimum absolute atomic E-state index is 0.465. The van der Waals surface area contributed by atoms with E-state index in [9.17, 15) is 0 Å². The molecule has 4 saturated carbocycles. The molecule has 4 bridgehead atoms. The predicted octanol–water partition coefficient (Wildman–Crippen LogP) is 4.59. The maximum Gasteiger partial charge on any atom is 0.207 e. The minimum atomic E-state index is -0.518. The van der Waals surface area contributed by atoms with Crippen LogP contribution in [0.5, 0.6) is 0 Å². The van der Waals surface area contributed by atoms with Crippen LogP contribution in [0.1, 0.15) is 44.6 Å². The van der Waals surface area contributed by atoms with Crippen molar-refractivity contribution >= 4 is 6.08 Å². The highest BCUT2D eigenvalue weighted by Gasteiger charge is 2.62. The van der Waals surface area contributed by atoms with E-state index in [1.807, 2.05) is 25.1 Å². The average Bonchev–Trinajstić information content (AvgIpc) is 2.60. The van der Waals surface area contributed by atoms with Gasteiger partial charge in [-0.05, 0) is 62.5 Å². The second-order valence-corrected chi connectivity index (χ2v) is 8.54. The summed E-state index contributed by atoms with van der Waals surface area (Å²) in [6.07, 6.45) is 10.6. The van der Waals surface area contributed by atoms with Crippen molar-refractivity contribution in [2.24, 2.45) is 23.7 Å². The Morgan fingerprint density at radius 1 is 0.917 bits per heavy atom. The molecule has 128 valence electrons. The van der Waals surface area contributed by atoms with Gasteiger partial charge in [0.05, 0.1) is 6.61 Å². The highest BCUT2D eigenvalue weighted by molar-refractivity contribution is 5.50. The molecule has 0 aromatic heterocycles. The summed E-state index contributed by atoms with van der Waals surface area (Å²) in [6, 6.07) is 10.3. The van der Waals surface area contributed by atoms with Gasteiger partial charge in [-0.2, -0.15) is 4.89 Å². The molecule has 5 fully saturated rings. The Morgan fingerprint density at radius 3 is 2.17 bits per heavy atom. The fraction of sp³-hybridized carbons (Fsp3) is 0.619. The summed E-state index contributed by atoms with van der Waals surface area (Å²) in [5.41, 5.74) is 0.646. The Morgan fingerprint density at radius 2 is 1.58 bits per heavy atom. The van der Waals surface area contributed by atoms with E-state index in [1.54, 1.807) is 0 Å². The highest BCUT2D eigenvalue weighted by Crippen LogP contribution is 2.61. The van der Waals surface area contributed by atoms with Gasteiger partial charge >= 0.3 is 0 Å². The van der Waals surface area contributed by atoms with E-state index in [0.717, 1.165) is 17.4 Å². The van der Waals surface area contributed by atoms with Crippen molar-refractivity contribution in [3.63, 3.8) is 0 Å². The molecule has 6 rings (SSSR count). The molecule has 1 aromatic rings. The van der Waals surface area contributed by atoms with Crippen molar-refractivity contribution in [1.29, 1.82) is 0 Å². The summed E-state index contributed by atoms with van der Waals surface area (Å²) in [4.78, 5) is 12.0. The maximum atomic E-state index is 6.45. The van der Waals surface area contributed by atoms with Crippen LogP contribution in [-0.2, 0) is 14.5 Å². The van der Waals surface area contributed by atoms with E-state index in [4.69, 9.17) is 14.5 Å². The molecule has 1 unspecified atom stereocenters. The van der Waals surface area contributed by atoms with Gasteiger partial charge < -0.3 is 4.74 Å². The molecule has 1 heterocycles. The zero-order valence-corrected chi connectivity index (χ0v) is 14.3. The molecule has 3 nitrogen and oxygen atoms in total. The van der Waals surface area contributed by atoms with Gasteiger partial charge in [0, 0.05) is 11.8 Å². The molecule has 4 aliphatic carbocycles. The largest absolute Gasteiger partial charge is 0.343 e. The van der Waals surface area contributed by atoms with E-state index in [1.165, 1.54) is 32.1 Å². The van der Waals surface area contributed by atoms with Crippen LogP contribution in [0.15, 0.2) is 36.4 Å². The quantitative estimate of drug-likeness (QED) is 0.744. The smallest absolute Gasteiger partial charge is 0.207 e. The van der Waals surface area contributed by atoms with Gasteiger partial charge in [0.1, 0.15) is 5.60 Å². The first-order valence-corrected chi connectivity index (χ1v) is 9.40. The molecule has 0 radical (unpaired) electrons. The van der Waals surface area contributed by atoms with Gasteiger partial charge in [0.2, 0.25) is 5.79 Å². The number of hydrogen-bond acceptors (Lipinski definition) is 3. The summed E-state index contributed by atoms with van der Waals surface area (Å²) in [7, 11) is 0. The van der Waals surface area contributed by atoms with Crippen LogP contribution in [0.25, 0.3) is 6.08 Å². The Kier molecular flexibility index (Phi) is 3.41. The predicted molar refractivity (Wildman–Crippen MR) is 91.8 cm³/mol. The Hall–Kier alpha value is -1.16. The second kappa shape index (κ2) is 5.42. The monoisotopic (exact) mass is 326 g/mol. The van der Waals surface area contributed by atoms with Crippen LogP contribution in [0.4, 0.5) is 0 Å². The van der Waals surface area contributed by atoms with Crippen LogP contribution in [0.3, 0.4) is 0 Å². The molecule has 1 spiro atoms. The summed E-state index contributed by atoms with van der Waals surface area (Å²) in [6.45, 7) is 2.61. The summed E-state index contributed by atoms with van der Waals surface area (Å²) >= 11 is 0. The molecule has 1 saturated heterocycles. The Labute approximate surface area is 143 Å². The molecule has 24 heavy (non-hydrogen) atoms. The van der Waals surface area contributed by atoms with Crippen molar-refractivity contribution < 1.29 is 14.5 Å². The lowest BCUT2D eigenvalue weighted by atomic mass is 9.53. The molecule has 1 atom stereocenters. The Bertz CT molecular complexity index is 598. The van der Waals surface area contributed by atoms with E-state index in [0.29, 0.717) is 18.4 Å². The lowest BCUT2D eigenvalue weighted by Gasteiger charge is -2.61. The normalized spacial score (nSPS) is 46.9. The summed E-state index contributed by atoms with van der Waals surface area (Å²) in [5, 5.41) is 0. The standard InChI is InChI=1S/C21H26O3/c1-20(8-7-15-5-3-2-4-6-15)14-22-21(24-23-20)18-10-16-9-17(12-18)13-19(21)11-16/h2-8,16-19H,9-14H2,1H3/b8-7-. The van der Waals surface area contributed by atoms with Crippen molar-refractivity contribution in [3.8, 4) is 0 Å². The van der Waals surface area contributed by atoms with Crippen LogP contribution in [-0.4, -0.2) is 18.0 Å². The van der Waals surface area contributed by atoms with Gasteiger partial charge in [-0.3, -0.25) is 0 Å². The first-order valence-electron chi connectivity index (χ1n) is 9.40. The number of hydrogen-bond donors (Lipinski definition) is 0. The van der Waals surface area contributed by atoms with Gasteiger partial charge in [-0.1, -0.05) is 36.4 Å². The zero-order chi connectivity index (χ0) is 16.2. The molecule has 1 aliphatic heterocycles. The third-order valence-corrected chi connectivity index (χ3v) is 6.65. The molecular weight excluding hydrogens is 300 g/mol. The summed E-state index contributed by atoms with van der Waals surface area (Å²) in [5.74, 6) is 2.38. The number of rotatable bonds is 2. The van der Waals surface area contributed by atoms with Gasteiger partial charge in [-0.25, -0.2) is 4.89 Å². The first kappa shape index (κ1) is 15.1. The van der Waals surface area contributed by atoms with E-state index < -0.39 is 11.4 Å². The van der Waals surface area contributed by atoms with Crippen molar-refractivity contribution in [1.82, 2.24) is 0 Å². The van der Waals surface area contributed by atoms with Gasteiger partial charge in [-0.15, -0.1) is 0 Å². The van der Waals surface area contributed by atoms with Crippen LogP contribution >= 0.6 is 0 Å². The zero-order valence-electron chi connectivity index (χ0n) is 14.3. The van der Waals surface area contributed by atoms with Crippen molar-refractivity contribution in [2.45, 2.75) is 50.4 Å². The number of benzene rings is 1. The Balaban J connectivity index is 1.31. The third-order valence-electron chi connectivity index (χ3n) is 6.65. The van der Waals surface area contributed by atoms with Gasteiger partial charge in [0.25, 0.3) is 0 Å². The first-order chi connectivity index (χ1) is 11.7. The van der Waals surface area contributed by atoms with Crippen molar-refractivity contribution in [3.05, 3.63) is 42.0 Å². The molecular formula is C21H26O3. The molecule has 3 heteroatoms. The second-order valence-electron chi connectivity index (χ2n) is 8.54. The SMILES string of the molecule is CC1(/C=C\c2ccccc2)COC2(OO1)C1CC3CC(C1)CC2C3. The summed E-state index contributed by atoms with van der Waals surface area (Å²) < 4.78 is 6.45. The fourth-order valence-corrected chi connectivity index (χ4v) is 5.59. The maximum absolute atomic E-state index is 6.45. The van der Waals surface area contributed by atoms with Crippen molar-refractivity contribution in [2.75, 3.05) is 6.61 Å². The van der Waals surface area contributed by atoms with Crippen LogP contribution in [0.2, 0.25) is 0 Å². The van der Waals surface area contributed by atoms with Gasteiger partial charge in [0.15, 0.2) is 0 Å². The van der Waals surface area contributed by atoms with Crippen LogP contribution in [0, 0.1) is 23.7 Å². The highest BCUT2D eigenvalue weighted by atomic mass is 17.2. The number of ether oxygens (including phenoxy) is 1. The van der Waals surface area contributed by atoms with Crippen LogP contribution < -0.4 is 0 Å². The lowest BCUT2D eigenvalue weighted by Crippen LogP contribution is -2.64. The lowest BCUT2D eigenvalue weighted by molar-refractivity contribution is -0.536. The fourth-order valence-electron chi connectivity index (χ4n) is 5.59. The average molecular weight is 326 g/mol. The van der Waals surface area contributed by atoms with E-state index in [2.05, 4.69) is 24.3 Å². The third kappa shape index (κ3) is 2.37. The molecule has 5 aliphatic rings. The molecule has 0 amide bonds. The molecule has 1 aromatic carbocycles. The topological polar surface area (TPSA) is 27.7 Å².